The number of benzene rings is 1. The lowest BCUT2D eigenvalue weighted by Crippen LogP contribution is -2.31. The summed E-state index contributed by atoms with van der Waals surface area (Å²) in [6.07, 6.45) is 1.12. The fraction of sp³-hybridized carbons (Fsp3) is 0.538. The van der Waals surface area contributed by atoms with E-state index in [1.54, 1.807) is 12.1 Å². The third-order valence-corrected chi connectivity index (χ3v) is 3.36. The Morgan fingerprint density at radius 1 is 1.38 bits per heavy atom. The average Bonchev–Trinajstić information content (AvgIpc) is 2.26. The normalized spacial score (nSPS) is 14.8. The van der Waals surface area contributed by atoms with Gasteiger partial charge in [-0.3, -0.25) is 0 Å². The van der Waals surface area contributed by atoms with Crippen molar-refractivity contribution >= 4 is 11.6 Å². The SMILES string of the molecule is CCC(C)C(C)NCc1ccc(Cl)cc1F. The van der Waals surface area contributed by atoms with E-state index >= 15 is 0 Å². The molecule has 0 aliphatic rings. The van der Waals surface area contributed by atoms with Crippen LogP contribution in [0.15, 0.2) is 18.2 Å². The van der Waals surface area contributed by atoms with Crippen LogP contribution < -0.4 is 5.32 Å². The molecule has 0 heterocycles. The molecular formula is C13H19ClFN. The first kappa shape index (κ1) is 13.5. The molecule has 2 atom stereocenters. The monoisotopic (exact) mass is 243 g/mol. The molecule has 0 saturated heterocycles. The quantitative estimate of drug-likeness (QED) is 0.824. The lowest BCUT2D eigenvalue weighted by atomic mass is 10.0. The molecule has 1 rings (SSSR count). The van der Waals surface area contributed by atoms with Gasteiger partial charge in [0.05, 0.1) is 0 Å². The van der Waals surface area contributed by atoms with Crippen molar-refractivity contribution in [1.82, 2.24) is 5.32 Å². The van der Waals surface area contributed by atoms with Crippen molar-refractivity contribution in [1.29, 1.82) is 0 Å². The molecule has 0 saturated carbocycles. The van der Waals surface area contributed by atoms with Crippen molar-refractivity contribution in [2.24, 2.45) is 5.92 Å². The van der Waals surface area contributed by atoms with Crippen LogP contribution in [0.25, 0.3) is 0 Å². The summed E-state index contributed by atoms with van der Waals surface area (Å²) >= 11 is 5.69. The Kier molecular flexibility index (Phi) is 5.23. The van der Waals surface area contributed by atoms with Gasteiger partial charge in [0, 0.05) is 23.2 Å². The van der Waals surface area contributed by atoms with Gasteiger partial charge >= 0.3 is 0 Å². The third kappa shape index (κ3) is 3.76. The molecule has 1 aromatic carbocycles. The second kappa shape index (κ2) is 6.21. The molecule has 0 amide bonds. The zero-order valence-electron chi connectivity index (χ0n) is 10.1. The van der Waals surface area contributed by atoms with Crippen LogP contribution in [0.3, 0.4) is 0 Å². The first-order chi connectivity index (χ1) is 7.54. The van der Waals surface area contributed by atoms with Crippen molar-refractivity contribution in [3.63, 3.8) is 0 Å². The Morgan fingerprint density at radius 2 is 2.06 bits per heavy atom. The van der Waals surface area contributed by atoms with Crippen molar-refractivity contribution < 1.29 is 4.39 Å². The highest BCUT2D eigenvalue weighted by atomic mass is 35.5. The Hall–Kier alpha value is -0.600. The molecule has 0 aliphatic heterocycles. The lowest BCUT2D eigenvalue weighted by molar-refractivity contribution is 0.386. The zero-order chi connectivity index (χ0) is 12.1. The second-order valence-electron chi connectivity index (χ2n) is 4.29. The van der Waals surface area contributed by atoms with Gasteiger partial charge in [-0.25, -0.2) is 4.39 Å². The van der Waals surface area contributed by atoms with E-state index in [-0.39, 0.29) is 5.82 Å². The molecule has 0 bridgehead atoms. The van der Waals surface area contributed by atoms with E-state index in [0.29, 0.717) is 29.1 Å². The maximum absolute atomic E-state index is 13.5. The number of nitrogens with one attached hydrogen (secondary N) is 1. The van der Waals surface area contributed by atoms with E-state index in [9.17, 15) is 4.39 Å². The molecule has 90 valence electrons. The van der Waals surface area contributed by atoms with Gasteiger partial charge in [0.2, 0.25) is 0 Å². The third-order valence-electron chi connectivity index (χ3n) is 3.13. The van der Waals surface area contributed by atoms with Gasteiger partial charge in [-0.2, -0.15) is 0 Å². The Bertz CT molecular complexity index is 341. The molecule has 0 spiro atoms. The number of hydrogen-bond donors (Lipinski definition) is 1. The van der Waals surface area contributed by atoms with Gasteiger partial charge in [0.15, 0.2) is 0 Å². The zero-order valence-corrected chi connectivity index (χ0v) is 10.8. The van der Waals surface area contributed by atoms with Crippen LogP contribution in [0.2, 0.25) is 5.02 Å². The molecule has 0 fully saturated rings. The van der Waals surface area contributed by atoms with Crippen LogP contribution in [-0.2, 0) is 6.54 Å². The Labute approximate surface area is 102 Å². The number of hydrogen-bond acceptors (Lipinski definition) is 1. The summed E-state index contributed by atoms with van der Waals surface area (Å²) in [5, 5.41) is 3.77. The summed E-state index contributed by atoms with van der Waals surface area (Å²) in [7, 11) is 0. The first-order valence-electron chi connectivity index (χ1n) is 5.72. The molecule has 0 radical (unpaired) electrons. The van der Waals surface area contributed by atoms with E-state index in [1.807, 2.05) is 0 Å². The van der Waals surface area contributed by atoms with Crippen LogP contribution in [-0.4, -0.2) is 6.04 Å². The molecule has 1 aromatic rings. The molecule has 2 unspecified atom stereocenters. The summed E-state index contributed by atoms with van der Waals surface area (Å²) in [5.41, 5.74) is 0.666. The van der Waals surface area contributed by atoms with Gasteiger partial charge in [-0.05, 0) is 25.0 Å². The Morgan fingerprint density at radius 3 is 2.62 bits per heavy atom. The predicted molar refractivity (Wildman–Crippen MR) is 67.2 cm³/mol. The van der Waals surface area contributed by atoms with Crippen LogP contribution >= 0.6 is 11.6 Å². The lowest BCUT2D eigenvalue weighted by Gasteiger charge is -2.20. The van der Waals surface area contributed by atoms with E-state index in [1.165, 1.54) is 6.07 Å². The van der Waals surface area contributed by atoms with Gasteiger partial charge in [0.1, 0.15) is 5.82 Å². The van der Waals surface area contributed by atoms with Gasteiger partial charge < -0.3 is 5.32 Å². The topological polar surface area (TPSA) is 12.0 Å². The fourth-order valence-corrected chi connectivity index (χ4v) is 1.65. The maximum atomic E-state index is 13.5. The standard InChI is InChI=1S/C13H19ClFN/c1-4-9(2)10(3)16-8-11-5-6-12(14)7-13(11)15/h5-7,9-10,16H,4,8H2,1-3H3. The predicted octanol–water partition coefficient (Wildman–Crippen LogP) is 4.00. The molecular weight excluding hydrogens is 225 g/mol. The molecule has 0 aromatic heterocycles. The summed E-state index contributed by atoms with van der Waals surface area (Å²) < 4.78 is 13.5. The minimum absolute atomic E-state index is 0.239. The molecule has 1 nitrogen and oxygen atoms in total. The maximum Gasteiger partial charge on any atom is 0.129 e. The second-order valence-corrected chi connectivity index (χ2v) is 4.73. The van der Waals surface area contributed by atoms with Gasteiger partial charge in [-0.1, -0.05) is 37.9 Å². The van der Waals surface area contributed by atoms with Crippen LogP contribution in [0.4, 0.5) is 4.39 Å². The van der Waals surface area contributed by atoms with Gasteiger partial charge in [-0.15, -0.1) is 0 Å². The highest BCUT2D eigenvalue weighted by molar-refractivity contribution is 6.30. The molecule has 0 aliphatic carbocycles. The van der Waals surface area contributed by atoms with E-state index < -0.39 is 0 Å². The number of halogens is 2. The fourth-order valence-electron chi connectivity index (χ4n) is 1.49. The van der Waals surface area contributed by atoms with Crippen molar-refractivity contribution in [3.05, 3.63) is 34.6 Å². The van der Waals surface area contributed by atoms with E-state index in [2.05, 4.69) is 26.1 Å². The van der Waals surface area contributed by atoms with Crippen LogP contribution in [0, 0.1) is 11.7 Å². The molecule has 3 heteroatoms. The van der Waals surface area contributed by atoms with Crippen LogP contribution in [0.5, 0.6) is 0 Å². The minimum Gasteiger partial charge on any atom is -0.310 e. The summed E-state index contributed by atoms with van der Waals surface area (Å²) in [6.45, 7) is 7.03. The summed E-state index contributed by atoms with van der Waals surface area (Å²) in [4.78, 5) is 0. The van der Waals surface area contributed by atoms with Crippen molar-refractivity contribution in [3.8, 4) is 0 Å². The first-order valence-corrected chi connectivity index (χ1v) is 6.09. The van der Waals surface area contributed by atoms with E-state index in [4.69, 9.17) is 11.6 Å². The smallest absolute Gasteiger partial charge is 0.129 e. The van der Waals surface area contributed by atoms with Crippen molar-refractivity contribution in [2.45, 2.75) is 39.8 Å². The highest BCUT2D eigenvalue weighted by Crippen LogP contribution is 2.15. The molecule has 16 heavy (non-hydrogen) atoms. The molecule has 1 N–H and O–H groups in total. The summed E-state index contributed by atoms with van der Waals surface area (Å²) in [5.74, 6) is 0.353. The van der Waals surface area contributed by atoms with Crippen LogP contribution in [0.1, 0.15) is 32.8 Å². The van der Waals surface area contributed by atoms with Gasteiger partial charge in [0.25, 0.3) is 0 Å². The number of rotatable bonds is 5. The highest BCUT2D eigenvalue weighted by Gasteiger charge is 2.10. The minimum atomic E-state index is -0.239. The average molecular weight is 244 g/mol. The van der Waals surface area contributed by atoms with E-state index in [0.717, 1.165) is 6.42 Å². The van der Waals surface area contributed by atoms with Crippen molar-refractivity contribution in [2.75, 3.05) is 0 Å². The Balaban J connectivity index is 2.54. The summed E-state index contributed by atoms with van der Waals surface area (Å²) in [6, 6.07) is 5.19. The largest absolute Gasteiger partial charge is 0.310 e.